The average Bonchev–Trinajstić information content (AvgIpc) is 2.14. The molecule has 0 aromatic carbocycles. The minimum Gasteiger partial charge on any atom is -0.301 e. The van der Waals surface area contributed by atoms with E-state index in [1.54, 1.807) is 0 Å². The van der Waals surface area contributed by atoms with Gasteiger partial charge in [-0.2, -0.15) is 4.31 Å². The van der Waals surface area contributed by atoms with E-state index in [4.69, 9.17) is 0 Å². The third-order valence-corrected chi connectivity index (χ3v) is 4.65. The predicted octanol–water partition coefficient (Wildman–Crippen LogP) is 0.484. The Morgan fingerprint density at radius 3 is 2.36 bits per heavy atom. The Morgan fingerprint density at radius 1 is 1.29 bits per heavy atom. The van der Waals surface area contributed by atoms with Crippen molar-refractivity contribution >= 4 is 10.0 Å². The van der Waals surface area contributed by atoms with Crippen LogP contribution in [0.15, 0.2) is 12.0 Å². The van der Waals surface area contributed by atoms with Gasteiger partial charge >= 0.3 is 0 Å². The smallest absolute Gasteiger partial charge is 0.235 e. The van der Waals surface area contributed by atoms with Gasteiger partial charge in [-0.3, -0.25) is 0 Å². The summed E-state index contributed by atoms with van der Waals surface area (Å²) in [5.74, 6) is 0. The highest BCUT2D eigenvalue weighted by Crippen LogP contribution is 2.19. The van der Waals surface area contributed by atoms with Crippen LogP contribution in [0.25, 0.3) is 0 Å². The summed E-state index contributed by atoms with van der Waals surface area (Å²) in [5.41, 5.74) is 0. The molecule has 0 amide bonds. The van der Waals surface area contributed by atoms with Gasteiger partial charge in [0.1, 0.15) is 0 Å². The number of hydrogen-bond acceptors (Lipinski definition) is 3. The molecule has 2 atom stereocenters. The van der Waals surface area contributed by atoms with Crippen LogP contribution in [-0.4, -0.2) is 49.8 Å². The minimum absolute atomic E-state index is 0.0109. The molecule has 1 aliphatic rings. The normalized spacial score (nSPS) is 31.6. The maximum absolute atomic E-state index is 11.6. The third kappa shape index (κ3) is 1.99. The lowest BCUT2D eigenvalue weighted by atomic mass is 10.1. The molecule has 14 heavy (non-hydrogen) atoms. The summed E-state index contributed by atoms with van der Waals surface area (Å²) in [6, 6.07) is 0.259. The fourth-order valence-electron chi connectivity index (χ4n) is 1.73. The van der Waals surface area contributed by atoms with E-state index in [9.17, 15) is 8.42 Å². The first-order chi connectivity index (χ1) is 6.40. The van der Waals surface area contributed by atoms with Crippen molar-refractivity contribution in [2.45, 2.75) is 25.9 Å². The van der Waals surface area contributed by atoms with Crippen LogP contribution >= 0.6 is 0 Å². The van der Waals surface area contributed by atoms with Crippen LogP contribution in [0.3, 0.4) is 0 Å². The van der Waals surface area contributed by atoms with Gasteiger partial charge in [-0.15, -0.1) is 0 Å². The van der Waals surface area contributed by atoms with Crippen LogP contribution in [-0.2, 0) is 10.0 Å². The fourth-order valence-corrected chi connectivity index (χ4v) is 2.89. The number of hydrogen-bond donors (Lipinski definition) is 0. The zero-order valence-corrected chi connectivity index (χ0v) is 9.79. The monoisotopic (exact) mass is 218 g/mol. The lowest BCUT2D eigenvalue weighted by Crippen LogP contribution is -2.57. The van der Waals surface area contributed by atoms with Gasteiger partial charge in [0.05, 0.1) is 0 Å². The third-order valence-electron chi connectivity index (χ3n) is 3.06. The number of piperazine rings is 1. The lowest BCUT2D eigenvalue weighted by Gasteiger charge is -2.41. The Bertz CT molecular complexity index is 313. The molecule has 0 spiro atoms. The summed E-state index contributed by atoms with van der Waals surface area (Å²) < 4.78 is 24.7. The molecule has 4 nitrogen and oxygen atoms in total. The molecule has 0 aromatic rings. The van der Waals surface area contributed by atoms with E-state index in [-0.39, 0.29) is 12.1 Å². The molecule has 1 fully saturated rings. The van der Waals surface area contributed by atoms with Crippen LogP contribution in [0.2, 0.25) is 0 Å². The second kappa shape index (κ2) is 4.00. The highest BCUT2D eigenvalue weighted by atomic mass is 32.2. The molecule has 0 aliphatic carbocycles. The summed E-state index contributed by atoms with van der Waals surface area (Å²) in [4.78, 5) is 2.17. The summed E-state index contributed by atoms with van der Waals surface area (Å²) in [5, 5.41) is 1.03. The van der Waals surface area contributed by atoms with Crippen molar-refractivity contribution in [2.75, 3.05) is 20.1 Å². The second-order valence-corrected chi connectivity index (χ2v) is 5.62. The van der Waals surface area contributed by atoms with Gasteiger partial charge in [-0.25, -0.2) is 8.42 Å². The zero-order valence-electron chi connectivity index (χ0n) is 8.97. The summed E-state index contributed by atoms with van der Waals surface area (Å²) >= 11 is 0. The lowest BCUT2D eigenvalue weighted by molar-refractivity contribution is 0.110. The van der Waals surface area contributed by atoms with Crippen LogP contribution < -0.4 is 0 Å². The van der Waals surface area contributed by atoms with E-state index in [0.29, 0.717) is 6.54 Å². The molecule has 0 aromatic heterocycles. The van der Waals surface area contributed by atoms with Crippen LogP contribution in [0, 0.1) is 0 Å². The molecule has 0 N–H and O–H groups in total. The SMILES string of the molecule is C=CS(=O)(=O)N1CCN(C)C(C)C1C. The zero-order chi connectivity index (χ0) is 10.9. The average molecular weight is 218 g/mol. The van der Waals surface area contributed by atoms with Crippen LogP contribution in [0.4, 0.5) is 0 Å². The predicted molar refractivity (Wildman–Crippen MR) is 57.4 cm³/mol. The van der Waals surface area contributed by atoms with Crippen molar-refractivity contribution in [2.24, 2.45) is 0 Å². The van der Waals surface area contributed by atoms with Crippen molar-refractivity contribution in [3.63, 3.8) is 0 Å². The summed E-state index contributed by atoms with van der Waals surface area (Å²) in [7, 11) is -1.24. The molecule has 1 aliphatic heterocycles. The van der Waals surface area contributed by atoms with Crippen molar-refractivity contribution in [1.82, 2.24) is 9.21 Å². The van der Waals surface area contributed by atoms with Crippen molar-refractivity contribution < 1.29 is 8.42 Å². The fraction of sp³-hybridized carbons (Fsp3) is 0.778. The van der Waals surface area contributed by atoms with Crippen LogP contribution in [0.5, 0.6) is 0 Å². The maximum atomic E-state index is 11.6. The van der Waals surface area contributed by atoms with Crippen LogP contribution in [0.1, 0.15) is 13.8 Å². The van der Waals surface area contributed by atoms with Gasteiger partial charge in [0, 0.05) is 30.6 Å². The molecule has 0 radical (unpaired) electrons. The van der Waals surface area contributed by atoms with E-state index >= 15 is 0 Å². The summed E-state index contributed by atoms with van der Waals surface area (Å²) in [6.45, 7) is 8.64. The number of likely N-dealkylation sites (N-methyl/N-ethyl adjacent to an activating group) is 1. The number of sulfonamides is 1. The Morgan fingerprint density at radius 2 is 1.86 bits per heavy atom. The Balaban J connectivity index is 2.89. The molecule has 1 rings (SSSR count). The van der Waals surface area contributed by atoms with Crippen molar-refractivity contribution in [3.05, 3.63) is 12.0 Å². The van der Waals surface area contributed by atoms with Gasteiger partial charge in [0.25, 0.3) is 0 Å². The second-order valence-electron chi connectivity index (χ2n) is 3.78. The molecular weight excluding hydrogens is 200 g/mol. The minimum atomic E-state index is -3.26. The first-order valence-corrected chi connectivity index (χ1v) is 6.25. The number of rotatable bonds is 2. The van der Waals surface area contributed by atoms with E-state index in [1.807, 2.05) is 20.9 Å². The first kappa shape index (κ1) is 11.7. The molecule has 5 heteroatoms. The topological polar surface area (TPSA) is 40.6 Å². The van der Waals surface area contributed by atoms with E-state index in [0.717, 1.165) is 12.0 Å². The molecule has 82 valence electrons. The van der Waals surface area contributed by atoms with Gasteiger partial charge in [0.15, 0.2) is 0 Å². The number of nitrogens with zero attached hydrogens (tertiary/aromatic N) is 2. The van der Waals surface area contributed by atoms with Gasteiger partial charge in [-0.1, -0.05) is 6.58 Å². The van der Waals surface area contributed by atoms with Gasteiger partial charge < -0.3 is 4.90 Å². The van der Waals surface area contributed by atoms with Crippen molar-refractivity contribution in [3.8, 4) is 0 Å². The molecule has 0 saturated carbocycles. The largest absolute Gasteiger partial charge is 0.301 e. The Labute approximate surface area is 86.2 Å². The van der Waals surface area contributed by atoms with Gasteiger partial charge in [0.2, 0.25) is 10.0 Å². The van der Waals surface area contributed by atoms with Crippen molar-refractivity contribution in [1.29, 1.82) is 0 Å². The van der Waals surface area contributed by atoms with E-state index in [2.05, 4.69) is 11.5 Å². The molecular formula is C9H18N2O2S. The first-order valence-electron chi connectivity index (χ1n) is 4.74. The Hall–Kier alpha value is -0.390. The van der Waals surface area contributed by atoms with Gasteiger partial charge in [-0.05, 0) is 20.9 Å². The maximum Gasteiger partial charge on any atom is 0.235 e. The van der Waals surface area contributed by atoms with E-state index < -0.39 is 10.0 Å². The standard InChI is InChI=1S/C9H18N2O2S/c1-5-14(12,13)11-7-6-10(4)8(2)9(11)3/h5,8-9H,1,6-7H2,2-4H3. The molecule has 2 unspecified atom stereocenters. The molecule has 1 heterocycles. The highest BCUT2D eigenvalue weighted by molar-refractivity contribution is 7.92. The highest BCUT2D eigenvalue weighted by Gasteiger charge is 2.34. The van der Waals surface area contributed by atoms with E-state index in [1.165, 1.54) is 4.31 Å². The summed E-state index contributed by atoms with van der Waals surface area (Å²) in [6.07, 6.45) is 0. The molecule has 1 saturated heterocycles. The molecule has 0 bridgehead atoms. The Kier molecular flexibility index (Phi) is 3.34. The quantitative estimate of drug-likeness (QED) is 0.677.